The van der Waals surface area contributed by atoms with Crippen LogP contribution >= 0.6 is 0 Å². The molecule has 0 spiro atoms. The van der Waals surface area contributed by atoms with Crippen molar-refractivity contribution in [3.05, 3.63) is 24.3 Å². The van der Waals surface area contributed by atoms with E-state index < -0.39 is 0 Å². The number of para-hydroxylation sites is 2. The molecule has 2 aliphatic heterocycles. The van der Waals surface area contributed by atoms with Crippen molar-refractivity contribution in [1.29, 1.82) is 0 Å². The van der Waals surface area contributed by atoms with Crippen LogP contribution in [0.2, 0.25) is 0 Å². The molecule has 3 rings (SSSR count). The lowest BCUT2D eigenvalue weighted by atomic mass is 9.97. The maximum Gasteiger partial charge on any atom is 0.223 e. The van der Waals surface area contributed by atoms with Gasteiger partial charge < -0.3 is 19.3 Å². The molecule has 144 valence electrons. The number of morpholine rings is 1. The molecule has 0 bridgehead atoms. The second-order valence-corrected chi connectivity index (χ2v) is 7.66. The molecule has 0 saturated carbocycles. The van der Waals surface area contributed by atoms with Crippen LogP contribution in [0.15, 0.2) is 24.3 Å². The van der Waals surface area contributed by atoms with E-state index in [0.29, 0.717) is 6.42 Å². The number of ether oxygens (including phenoxy) is 2. The normalized spacial score (nSPS) is 20.9. The number of nitrogens with zero attached hydrogens (tertiary/aromatic N) is 3. The standard InChI is InChI=1S/C20H31N3O3/c1-20(2)16-22(19(24)8-9-21-12-14-26-15-13-21)10-11-23(20)17-6-4-5-7-18(17)25-3/h4-7H,8-16H2,1-3H3. The number of benzene rings is 1. The van der Waals surface area contributed by atoms with Gasteiger partial charge in [-0.25, -0.2) is 0 Å². The summed E-state index contributed by atoms with van der Waals surface area (Å²) in [6, 6.07) is 8.11. The number of hydrogen-bond donors (Lipinski definition) is 0. The Morgan fingerprint density at radius 3 is 2.58 bits per heavy atom. The van der Waals surface area contributed by atoms with E-state index in [1.165, 1.54) is 0 Å². The molecule has 6 nitrogen and oxygen atoms in total. The molecule has 0 atom stereocenters. The van der Waals surface area contributed by atoms with Gasteiger partial charge in [-0.3, -0.25) is 9.69 Å². The fraction of sp³-hybridized carbons (Fsp3) is 0.650. The molecule has 0 aliphatic carbocycles. The molecule has 1 amide bonds. The summed E-state index contributed by atoms with van der Waals surface area (Å²) in [4.78, 5) is 19.4. The molecule has 2 fully saturated rings. The molecular weight excluding hydrogens is 330 g/mol. The van der Waals surface area contributed by atoms with Crippen LogP contribution in [0.4, 0.5) is 5.69 Å². The third-order valence-electron chi connectivity index (χ3n) is 5.38. The van der Waals surface area contributed by atoms with Crippen molar-refractivity contribution >= 4 is 11.6 Å². The summed E-state index contributed by atoms with van der Waals surface area (Å²) in [6.45, 7) is 10.9. The highest BCUT2D eigenvalue weighted by molar-refractivity contribution is 5.77. The first-order valence-electron chi connectivity index (χ1n) is 9.50. The Bertz CT molecular complexity index is 614. The van der Waals surface area contributed by atoms with Crippen molar-refractivity contribution < 1.29 is 14.3 Å². The van der Waals surface area contributed by atoms with Crippen molar-refractivity contribution in [3.8, 4) is 5.75 Å². The van der Waals surface area contributed by atoms with Crippen molar-refractivity contribution in [1.82, 2.24) is 9.80 Å². The first kappa shape index (κ1) is 19.0. The van der Waals surface area contributed by atoms with E-state index in [4.69, 9.17) is 9.47 Å². The van der Waals surface area contributed by atoms with Crippen LogP contribution in [0, 0.1) is 0 Å². The number of carbonyl (C=O) groups excluding carboxylic acids is 1. The highest BCUT2D eigenvalue weighted by Crippen LogP contribution is 2.34. The van der Waals surface area contributed by atoms with Crippen molar-refractivity contribution in [2.24, 2.45) is 0 Å². The van der Waals surface area contributed by atoms with Crippen LogP contribution in [0.5, 0.6) is 5.75 Å². The van der Waals surface area contributed by atoms with E-state index in [1.807, 2.05) is 23.1 Å². The quantitative estimate of drug-likeness (QED) is 0.801. The van der Waals surface area contributed by atoms with Gasteiger partial charge >= 0.3 is 0 Å². The number of methoxy groups -OCH3 is 1. The van der Waals surface area contributed by atoms with Gasteiger partial charge in [-0.15, -0.1) is 0 Å². The molecule has 2 heterocycles. The van der Waals surface area contributed by atoms with Crippen LogP contribution in [0.3, 0.4) is 0 Å². The SMILES string of the molecule is COc1ccccc1N1CCN(C(=O)CCN2CCOCC2)CC1(C)C. The zero-order valence-electron chi connectivity index (χ0n) is 16.2. The average molecular weight is 361 g/mol. The van der Waals surface area contributed by atoms with E-state index in [9.17, 15) is 4.79 Å². The van der Waals surface area contributed by atoms with Gasteiger partial charge in [0.15, 0.2) is 0 Å². The molecular formula is C20H31N3O3. The van der Waals surface area contributed by atoms with Crippen molar-refractivity contribution in [3.63, 3.8) is 0 Å². The van der Waals surface area contributed by atoms with Crippen LogP contribution in [0.1, 0.15) is 20.3 Å². The molecule has 0 radical (unpaired) electrons. The minimum Gasteiger partial charge on any atom is -0.495 e. The van der Waals surface area contributed by atoms with Crippen molar-refractivity contribution in [2.75, 3.05) is 64.5 Å². The van der Waals surface area contributed by atoms with E-state index in [0.717, 1.165) is 63.9 Å². The predicted molar refractivity (Wildman–Crippen MR) is 103 cm³/mol. The topological polar surface area (TPSA) is 45.2 Å². The fourth-order valence-corrected chi connectivity index (χ4v) is 3.90. The second-order valence-electron chi connectivity index (χ2n) is 7.66. The molecule has 1 aromatic rings. The van der Waals surface area contributed by atoms with Crippen LogP contribution in [-0.4, -0.2) is 80.8 Å². The zero-order valence-corrected chi connectivity index (χ0v) is 16.2. The number of carbonyl (C=O) groups is 1. The van der Waals surface area contributed by atoms with Gasteiger partial charge in [0.2, 0.25) is 5.91 Å². The van der Waals surface area contributed by atoms with E-state index in [-0.39, 0.29) is 11.4 Å². The Labute approximate surface area is 156 Å². The number of hydrogen-bond acceptors (Lipinski definition) is 5. The second kappa shape index (κ2) is 8.27. The maximum atomic E-state index is 12.7. The number of piperazine rings is 1. The zero-order chi connectivity index (χ0) is 18.6. The Morgan fingerprint density at radius 2 is 1.88 bits per heavy atom. The average Bonchev–Trinajstić information content (AvgIpc) is 2.66. The summed E-state index contributed by atoms with van der Waals surface area (Å²) in [6.07, 6.45) is 0.588. The predicted octanol–water partition coefficient (Wildman–Crippen LogP) is 1.84. The van der Waals surface area contributed by atoms with E-state index >= 15 is 0 Å². The largest absolute Gasteiger partial charge is 0.495 e. The number of anilines is 1. The summed E-state index contributed by atoms with van der Waals surface area (Å²) in [5.74, 6) is 1.14. The first-order valence-corrected chi connectivity index (χ1v) is 9.50. The van der Waals surface area contributed by atoms with Gasteiger partial charge in [0.1, 0.15) is 5.75 Å². The monoisotopic (exact) mass is 361 g/mol. The minimum atomic E-state index is -0.137. The van der Waals surface area contributed by atoms with Gasteiger partial charge in [0, 0.05) is 45.7 Å². The highest BCUT2D eigenvalue weighted by atomic mass is 16.5. The molecule has 6 heteroatoms. The minimum absolute atomic E-state index is 0.137. The molecule has 2 saturated heterocycles. The Hall–Kier alpha value is -1.79. The first-order chi connectivity index (χ1) is 12.5. The number of rotatable bonds is 5. The molecule has 26 heavy (non-hydrogen) atoms. The smallest absolute Gasteiger partial charge is 0.223 e. The summed E-state index contributed by atoms with van der Waals surface area (Å²) in [5, 5.41) is 0. The number of amides is 1. The van der Waals surface area contributed by atoms with E-state index in [1.54, 1.807) is 7.11 Å². The lowest BCUT2D eigenvalue weighted by Gasteiger charge is -2.48. The highest BCUT2D eigenvalue weighted by Gasteiger charge is 2.36. The molecule has 0 N–H and O–H groups in total. The summed E-state index contributed by atoms with van der Waals surface area (Å²) in [7, 11) is 1.71. The third kappa shape index (κ3) is 4.30. The Kier molecular flexibility index (Phi) is 6.04. The molecule has 0 aromatic heterocycles. The summed E-state index contributed by atoms with van der Waals surface area (Å²) >= 11 is 0. The van der Waals surface area contributed by atoms with Gasteiger partial charge in [-0.1, -0.05) is 12.1 Å². The Morgan fingerprint density at radius 1 is 1.15 bits per heavy atom. The van der Waals surface area contributed by atoms with Gasteiger partial charge in [-0.05, 0) is 26.0 Å². The summed E-state index contributed by atoms with van der Waals surface area (Å²) in [5.41, 5.74) is 0.960. The van der Waals surface area contributed by atoms with Gasteiger partial charge in [-0.2, -0.15) is 0 Å². The lowest BCUT2D eigenvalue weighted by molar-refractivity contribution is -0.133. The van der Waals surface area contributed by atoms with Crippen LogP contribution in [0.25, 0.3) is 0 Å². The van der Waals surface area contributed by atoms with Crippen LogP contribution < -0.4 is 9.64 Å². The summed E-state index contributed by atoms with van der Waals surface area (Å²) < 4.78 is 10.9. The molecule has 2 aliphatic rings. The third-order valence-corrected chi connectivity index (χ3v) is 5.38. The van der Waals surface area contributed by atoms with Gasteiger partial charge in [0.25, 0.3) is 0 Å². The maximum absolute atomic E-state index is 12.7. The molecule has 1 aromatic carbocycles. The van der Waals surface area contributed by atoms with Crippen LogP contribution in [-0.2, 0) is 9.53 Å². The van der Waals surface area contributed by atoms with Crippen molar-refractivity contribution in [2.45, 2.75) is 25.8 Å². The van der Waals surface area contributed by atoms with E-state index in [2.05, 4.69) is 29.7 Å². The molecule has 0 unspecified atom stereocenters. The fourth-order valence-electron chi connectivity index (χ4n) is 3.90. The Balaban J connectivity index is 1.60. The van der Waals surface area contributed by atoms with Gasteiger partial charge in [0.05, 0.1) is 31.5 Å². The lowest BCUT2D eigenvalue weighted by Crippen LogP contribution is -2.61.